The average molecular weight is 405 g/mol. The summed E-state index contributed by atoms with van der Waals surface area (Å²) in [6.07, 6.45) is 19.3. The van der Waals surface area contributed by atoms with Gasteiger partial charge >= 0.3 is 5.97 Å². The third kappa shape index (κ3) is 15.1. The van der Waals surface area contributed by atoms with Gasteiger partial charge in [0.15, 0.2) is 0 Å². The summed E-state index contributed by atoms with van der Waals surface area (Å²) in [6.45, 7) is 4.31. The fraction of sp³-hybridized carbons (Fsp3) is 0.731. The normalized spacial score (nSPS) is 12.1. The lowest BCUT2D eigenvalue weighted by molar-refractivity contribution is -0.138. The Kier molecular flexibility index (Phi) is 15.3. The van der Waals surface area contributed by atoms with E-state index in [0.29, 0.717) is 0 Å². The van der Waals surface area contributed by atoms with E-state index in [0.717, 1.165) is 18.6 Å². The summed E-state index contributed by atoms with van der Waals surface area (Å²) in [5.41, 5.74) is 1.18. The van der Waals surface area contributed by atoms with E-state index in [1.807, 2.05) is 31.2 Å². The summed E-state index contributed by atoms with van der Waals surface area (Å²) in [6, 6.07) is 7.85. The minimum Gasteiger partial charge on any atom is -0.490 e. The first-order valence-electron chi connectivity index (χ1n) is 12.1. The fourth-order valence-corrected chi connectivity index (χ4v) is 3.77. The standard InChI is InChI=1S/C26H44O3/c1-3-4-5-6-7-8-9-10-11-12-13-14-15-16-17-25(22-26(27)28)29-24-20-18-23(2)19-21-24/h18-21,25H,3-17,22H2,1-2H3,(H,27,28). The van der Waals surface area contributed by atoms with Crippen molar-refractivity contribution in [2.75, 3.05) is 0 Å². The van der Waals surface area contributed by atoms with Crippen LogP contribution in [0.25, 0.3) is 0 Å². The Morgan fingerprint density at radius 2 is 1.24 bits per heavy atom. The van der Waals surface area contributed by atoms with Gasteiger partial charge in [0.25, 0.3) is 0 Å². The topological polar surface area (TPSA) is 46.5 Å². The van der Waals surface area contributed by atoms with Crippen LogP contribution in [0.15, 0.2) is 24.3 Å². The van der Waals surface area contributed by atoms with E-state index in [2.05, 4.69) is 6.92 Å². The van der Waals surface area contributed by atoms with Crippen molar-refractivity contribution in [2.24, 2.45) is 0 Å². The first kappa shape index (κ1) is 25.5. The molecule has 3 nitrogen and oxygen atoms in total. The Hall–Kier alpha value is -1.51. The molecule has 0 amide bonds. The van der Waals surface area contributed by atoms with E-state index in [9.17, 15) is 4.79 Å². The number of aliphatic carboxylic acids is 1. The third-order valence-corrected chi connectivity index (χ3v) is 5.61. The number of carbonyl (C=O) groups is 1. The van der Waals surface area contributed by atoms with Gasteiger partial charge in [0.05, 0.1) is 6.42 Å². The number of hydrogen-bond acceptors (Lipinski definition) is 2. The van der Waals surface area contributed by atoms with E-state index in [1.165, 1.54) is 89.0 Å². The highest BCUT2D eigenvalue weighted by Gasteiger charge is 2.14. The molecule has 0 aliphatic carbocycles. The molecule has 1 unspecified atom stereocenters. The van der Waals surface area contributed by atoms with E-state index < -0.39 is 5.97 Å². The molecule has 0 aliphatic rings. The maximum atomic E-state index is 11.1. The molecule has 0 heterocycles. The lowest BCUT2D eigenvalue weighted by atomic mass is 10.0. The van der Waals surface area contributed by atoms with Crippen LogP contribution in [0.2, 0.25) is 0 Å². The summed E-state index contributed by atoms with van der Waals surface area (Å²) in [5, 5.41) is 9.14. The third-order valence-electron chi connectivity index (χ3n) is 5.61. The second-order valence-corrected chi connectivity index (χ2v) is 8.54. The number of aryl methyl sites for hydroxylation is 1. The van der Waals surface area contributed by atoms with Crippen LogP contribution >= 0.6 is 0 Å². The first-order valence-corrected chi connectivity index (χ1v) is 12.1. The van der Waals surface area contributed by atoms with Crippen LogP contribution in [0.4, 0.5) is 0 Å². The zero-order valence-electron chi connectivity index (χ0n) is 19.0. The van der Waals surface area contributed by atoms with E-state index in [4.69, 9.17) is 9.84 Å². The minimum atomic E-state index is -0.785. The smallest absolute Gasteiger partial charge is 0.307 e. The van der Waals surface area contributed by atoms with Crippen LogP contribution in [-0.2, 0) is 4.79 Å². The molecule has 0 saturated heterocycles. The number of ether oxygens (including phenoxy) is 1. The molecule has 0 saturated carbocycles. The number of benzene rings is 1. The Morgan fingerprint density at radius 3 is 1.69 bits per heavy atom. The van der Waals surface area contributed by atoms with Crippen LogP contribution in [0.1, 0.15) is 115 Å². The number of carboxylic acid groups (broad SMARTS) is 1. The number of carboxylic acids is 1. The van der Waals surface area contributed by atoms with Crippen LogP contribution < -0.4 is 4.74 Å². The molecule has 1 atom stereocenters. The molecule has 1 aromatic rings. The van der Waals surface area contributed by atoms with Crippen molar-refractivity contribution < 1.29 is 14.6 Å². The maximum Gasteiger partial charge on any atom is 0.307 e. The van der Waals surface area contributed by atoms with Crippen LogP contribution in [0.3, 0.4) is 0 Å². The minimum absolute atomic E-state index is 0.0757. The summed E-state index contributed by atoms with van der Waals surface area (Å²) in [7, 11) is 0. The molecular weight excluding hydrogens is 360 g/mol. The Bertz CT molecular complexity index is 509. The molecular formula is C26H44O3. The van der Waals surface area contributed by atoms with Gasteiger partial charge in [-0.05, 0) is 31.9 Å². The Labute approximate surface area is 179 Å². The van der Waals surface area contributed by atoms with Gasteiger partial charge in [-0.25, -0.2) is 0 Å². The van der Waals surface area contributed by atoms with Crippen molar-refractivity contribution in [3.63, 3.8) is 0 Å². The van der Waals surface area contributed by atoms with Gasteiger partial charge in [-0.2, -0.15) is 0 Å². The molecule has 166 valence electrons. The second-order valence-electron chi connectivity index (χ2n) is 8.54. The second kappa shape index (κ2) is 17.4. The molecule has 0 aliphatic heterocycles. The molecule has 1 rings (SSSR count). The van der Waals surface area contributed by atoms with Crippen molar-refractivity contribution >= 4 is 5.97 Å². The van der Waals surface area contributed by atoms with Crippen molar-refractivity contribution in [3.05, 3.63) is 29.8 Å². The van der Waals surface area contributed by atoms with Gasteiger partial charge in [0, 0.05) is 0 Å². The molecule has 0 fully saturated rings. The maximum absolute atomic E-state index is 11.1. The van der Waals surface area contributed by atoms with E-state index in [1.54, 1.807) is 0 Å². The Balaban J connectivity index is 2.01. The summed E-state index contributed by atoms with van der Waals surface area (Å²) < 4.78 is 5.91. The predicted molar refractivity (Wildman–Crippen MR) is 123 cm³/mol. The van der Waals surface area contributed by atoms with Crippen LogP contribution in [0, 0.1) is 6.92 Å². The largest absolute Gasteiger partial charge is 0.490 e. The lowest BCUT2D eigenvalue weighted by Gasteiger charge is -2.17. The number of unbranched alkanes of at least 4 members (excludes halogenated alkanes) is 13. The zero-order chi connectivity index (χ0) is 21.2. The predicted octanol–water partition coefficient (Wildman–Crippen LogP) is 8.09. The Morgan fingerprint density at radius 1 is 0.793 bits per heavy atom. The van der Waals surface area contributed by atoms with Gasteiger partial charge in [0.2, 0.25) is 0 Å². The highest BCUT2D eigenvalue weighted by Crippen LogP contribution is 2.19. The van der Waals surface area contributed by atoms with Crippen molar-refractivity contribution in [3.8, 4) is 5.75 Å². The van der Waals surface area contributed by atoms with Crippen molar-refractivity contribution in [1.82, 2.24) is 0 Å². The SMILES string of the molecule is CCCCCCCCCCCCCCCCC(CC(=O)O)Oc1ccc(C)cc1. The van der Waals surface area contributed by atoms with Crippen LogP contribution in [0.5, 0.6) is 5.75 Å². The fourth-order valence-electron chi connectivity index (χ4n) is 3.77. The molecule has 0 aromatic heterocycles. The van der Waals surface area contributed by atoms with Crippen LogP contribution in [-0.4, -0.2) is 17.2 Å². The van der Waals surface area contributed by atoms with Crippen molar-refractivity contribution in [2.45, 2.75) is 123 Å². The molecule has 1 aromatic carbocycles. The summed E-state index contributed by atoms with van der Waals surface area (Å²) >= 11 is 0. The molecule has 0 bridgehead atoms. The molecule has 1 N–H and O–H groups in total. The summed E-state index contributed by atoms with van der Waals surface area (Å²) in [4.78, 5) is 11.1. The van der Waals surface area contributed by atoms with Gasteiger partial charge in [-0.1, -0.05) is 108 Å². The number of rotatable bonds is 19. The highest BCUT2D eigenvalue weighted by atomic mass is 16.5. The summed E-state index contributed by atoms with van der Waals surface area (Å²) in [5.74, 6) is -0.0142. The van der Waals surface area contributed by atoms with E-state index in [-0.39, 0.29) is 12.5 Å². The first-order chi connectivity index (χ1) is 14.1. The van der Waals surface area contributed by atoms with Gasteiger partial charge in [-0.15, -0.1) is 0 Å². The zero-order valence-corrected chi connectivity index (χ0v) is 19.0. The molecule has 0 radical (unpaired) electrons. The van der Waals surface area contributed by atoms with Crippen molar-refractivity contribution in [1.29, 1.82) is 0 Å². The average Bonchev–Trinajstić information content (AvgIpc) is 2.69. The lowest BCUT2D eigenvalue weighted by Crippen LogP contribution is -2.20. The quantitative estimate of drug-likeness (QED) is 0.237. The van der Waals surface area contributed by atoms with Gasteiger partial charge < -0.3 is 9.84 Å². The molecule has 3 heteroatoms. The van der Waals surface area contributed by atoms with E-state index >= 15 is 0 Å². The monoisotopic (exact) mass is 404 g/mol. The van der Waals surface area contributed by atoms with Gasteiger partial charge in [-0.3, -0.25) is 4.79 Å². The molecule has 29 heavy (non-hydrogen) atoms. The number of hydrogen-bond donors (Lipinski definition) is 1. The highest BCUT2D eigenvalue weighted by molar-refractivity contribution is 5.67. The van der Waals surface area contributed by atoms with Gasteiger partial charge in [0.1, 0.15) is 11.9 Å². The molecule has 0 spiro atoms.